The molecule has 6 heteroatoms. The quantitative estimate of drug-likeness (QED) is 0.683. The van der Waals surface area contributed by atoms with Gasteiger partial charge in [0.05, 0.1) is 5.56 Å². The molecule has 0 saturated heterocycles. The second-order valence-electron chi connectivity index (χ2n) is 2.22. The number of halogens is 3. The highest BCUT2D eigenvalue weighted by molar-refractivity contribution is 7.59. The summed E-state index contributed by atoms with van der Waals surface area (Å²) in [7, 11) is 0. The summed E-state index contributed by atoms with van der Waals surface area (Å²) in [5.41, 5.74) is -0.766. The first-order chi connectivity index (χ1) is 6.04. The third-order valence-corrected chi connectivity index (χ3v) is 1.35. The summed E-state index contributed by atoms with van der Waals surface area (Å²) in [6.45, 7) is 0. The van der Waals surface area contributed by atoms with Crippen molar-refractivity contribution in [1.29, 1.82) is 5.26 Å². The predicted molar refractivity (Wildman–Crippen MR) is 48.1 cm³/mol. The van der Waals surface area contributed by atoms with E-state index in [0.29, 0.717) is 0 Å². The second-order valence-corrected chi connectivity index (χ2v) is 2.22. The molecule has 0 amide bonds. The molecule has 0 atom stereocenters. The van der Waals surface area contributed by atoms with E-state index in [1.54, 1.807) is 0 Å². The Bertz CT molecular complexity index is 328. The van der Waals surface area contributed by atoms with Gasteiger partial charge in [0, 0.05) is 0 Å². The van der Waals surface area contributed by atoms with Crippen LogP contribution >= 0.6 is 13.5 Å². The van der Waals surface area contributed by atoms with Gasteiger partial charge < -0.3 is 4.74 Å². The highest BCUT2D eigenvalue weighted by Gasteiger charge is 2.29. The van der Waals surface area contributed by atoms with Crippen molar-refractivity contribution in [2.45, 2.75) is 6.18 Å². The number of alkyl halides is 3. The minimum atomic E-state index is -4.36. The summed E-state index contributed by atoms with van der Waals surface area (Å²) in [6.07, 6.45) is -3.00. The SMILES string of the molecule is N#COc1ccc(C(F)(F)F)cc1.S. The molecule has 0 unspecified atom stereocenters. The monoisotopic (exact) mass is 221 g/mol. The zero-order valence-corrected chi connectivity index (χ0v) is 7.80. The Kier molecular flexibility index (Phi) is 4.31. The molecule has 1 aromatic carbocycles. The van der Waals surface area contributed by atoms with Gasteiger partial charge in [-0.1, -0.05) is 0 Å². The van der Waals surface area contributed by atoms with Gasteiger partial charge in [-0.2, -0.15) is 26.7 Å². The number of ether oxygens (including phenoxy) is 1. The molecule has 0 aromatic heterocycles. The molecule has 0 saturated carbocycles. The van der Waals surface area contributed by atoms with Gasteiger partial charge in [-0.05, 0) is 24.3 Å². The van der Waals surface area contributed by atoms with E-state index in [9.17, 15) is 13.2 Å². The van der Waals surface area contributed by atoms with E-state index in [1.165, 1.54) is 6.26 Å². The van der Waals surface area contributed by atoms with Crippen LogP contribution in [0.1, 0.15) is 5.56 Å². The first kappa shape index (κ1) is 12.7. The van der Waals surface area contributed by atoms with Crippen molar-refractivity contribution in [3.8, 4) is 12.0 Å². The molecule has 0 aliphatic heterocycles. The van der Waals surface area contributed by atoms with Crippen LogP contribution in [0, 0.1) is 11.5 Å². The van der Waals surface area contributed by atoms with Gasteiger partial charge in [-0.25, -0.2) is 0 Å². The van der Waals surface area contributed by atoms with E-state index in [4.69, 9.17) is 5.26 Å². The molecule has 0 N–H and O–H groups in total. The highest BCUT2D eigenvalue weighted by atomic mass is 32.1. The van der Waals surface area contributed by atoms with Crippen molar-refractivity contribution in [2.24, 2.45) is 0 Å². The maximum Gasteiger partial charge on any atom is 0.416 e. The van der Waals surface area contributed by atoms with Gasteiger partial charge in [-0.15, -0.1) is 5.26 Å². The molecule has 1 aromatic rings. The number of rotatable bonds is 1. The Morgan fingerprint density at radius 2 is 1.64 bits per heavy atom. The van der Waals surface area contributed by atoms with Crippen LogP contribution in [-0.2, 0) is 6.18 Å². The van der Waals surface area contributed by atoms with Gasteiger partial charge in [-0.3, -0.25) is 0 Å². The first-order valence-corrected chi connectivity index (χ1v) is 3.27. The van der Waals surface area contributed by atoms with Crippen molar-refractivity contribution >= 4 is 13.5 Å². The van der Waals surface area contributed by atoms with E-state index < -0.39 is 11.7 Å². The topological polar surface area (TPSA) is 33.0 Å². The third kappa shape index (κ3) is 3.18. The van der Waals surface area contributed by atoms with E-state index >= 15 is 0 Å². The Morgan fingerprint density at radius 3 is 2.00 bits per heavy atom. The highest BCUT2D eigenvalue weighted by Crippen LogP contribution is 2.30. The standard InChI is InChI=1S/C8H4F3NO.H2S/c9-8(10,11)6-1-3-7(4-2-6)13-5-12;/h1-4H;1H2. The number of hydrogen-bond acceptors (Lipinski definition) is 2. The van der Waals surface area contributed by atoms with Crippen molar-refractivity contribution in [2.75, 3.05) is 0 Å². The van der Waals surface area contributed by atoms with Gasteiger partial charge in [0.15, 0.2) is 0 Å². The van der Waals surface area contributed by atoms with Crippen LogP contribution in [0.15, 0.2) is 24.3 Å². The predicted octanol–water partition coefficient (Wildman–Crippen LogP) is 2.68. The molecule has 0 bridgehead atoms. The molecule has 76 valence electrons. The van der Waals surface area contributed by atoms with E-state index in [-0.39, 0.29) is 19.2 Å². The fourth-order valence-electron chi connectivity index (χ4n) is 0.765. The number of nitriles is 1. The van der Waals surface area contributed by atoms with Gasteiger partial charge in [0.25, 0.3) is 6.26 Å². The maximum atomic E-state index is 12.0. The third-order valence-electron chi connectivity index (χ3n) is 1.35. The molecular weight excluding hydrogens is 215 g/mol. The van der Waals surface area contributed by atoms with Crippen molar-refractivity contribution in [1.82, 2.24) is 0 Å². The lowest BCUT2D eigenvalue weighted by Crippen LogP contribution is -2.03. The molecule has 0 aliphatic rings. The van der Waals surface area contributed by atoms with E-state index in [1.807, 2.05) is 0 Å². The lowest BCUT2D eigenvalue weighted by Gasteiger charge is -2.05. The molecule has 0 spiro atoms. The first-order valence-electron chi connectivity index (χ1n) is 3.27. The number of benzene rings is 1. The van der Waals surface area contributed by atoms with Crippen molar-refractivity contribution in [3.05, 3.63) is 29.8 Å². The lowest BCUT2D eigenvalue weighted by atomic mass is 10.2. The van der Waals surface area contributed by atoms with Gasteiger partial charge in [0.1, 0.15) is 5.75 Å². The van der Waals surface area contributed by atoms with Crippen LogP contribution in [0.5, 0.6) is 5.75 Å². The second kappa shape index (κ2) is 4.77. The summed E-state index contributed by atoms with van der Waals surface area (Å²) in [5.74, 6) is 0.0931. The summed E-state index contributed by atoms with van der Waals surface area (Å²) in [6, 6.07) is 3.89. The maximum absolute atomic E-state index is 12.0. The average Bonchev–Trinajstić information content (AvgIpc) is 2.04. The minimum absolute atomic E-state index is 0. The molecule has 0 radical (unpaired) electrons. The minimum Gasteiger partial charge on any atom is -0.388 e. The molecule has 14 heavy (non-hydrogen) atoms. The van der Waals surface area contributed by atoms with Crippen LogP contribution in [0.3, 0.4) is 0 Å². The summed E-state index contributed by atoms with van der Waals surface area (Å²) in [4.78, 5) is 0. The lowest BCUT2D eigenvalue weighted by molar-refractivity contribution is -0.137. The van der Waals surface area contributed by atoms with E-state index in [2.05, 4.69) is 4.74 Å². The van der Waals surface area contributed by atoms with Crippen LogP contribution in [-0.4, -0.2) is 0 Å². The van der Waals surface area contributed by atoms with Gasteiger partial charge in [0.2, 0.25) is 0 Å². The molecule has 1 rings (SSSR count). The summed E-state index contributed by atoms with van der Waals surface area (Å²) in [5, 5.41) is 8.05. The zero-order chi connectivity index (χ0) is 9.90. The van der Waals surface area contributed by atoms with Crippen molar-refractivity contribution < 1.29 is 17.9 Å². The molecular formula is C8H6F3NOS. The Hall–Kier alpha value is -1.35. The van der Waals surface area contributed by atoms with Gasteiger partial charge >= 0.3 is 6.18 Å². The zero-order valence-electron chi connectivity index (χ0n) is 6.80. The van der Waals surface area contributed by atoms with Crippen LogP contribution in [0.2, 0.25) is 0 Å². The summed E-state index contributed by atoms with van der Waals surface area (Å²) < 4.78 is 40.3. The number of hydrogen-bond donors (Lipinski definition) is 0. The van der Waals surface area contributed by atoms with E-state index in [0.717, 1.165) is 24.3 Å². The average molecular weight is 221 g/mol. The summed E-state index contributed by atoms with van der Waals surface area (Å²) >= 11 is 0. The fraction of sp³-hybridized carbons (Fsp3) is 0.125. The fourth-order valence-corrected chi connectivity index (χ4v) is 0.765. The largest absolute Gasteiger partial charge is 0.416 e. The van der Waals surface area contributed by atoms with Crippen LogP contribution in [0.25, 0.3) is 0 Å². The molecule has 0 fully saturated rings. The normalized spacial score (nSPS) is 9.86. The number of nitrogens with zero attached hydrogens (tertiary/aromatic N) is 1. The van der Waals surface area contributed by atoms with Crippen molar-refractivity contribution in [3.63, 3.8) is 0 Å². The molecule has 0 aliphatic carbocycles. The molecule has 0 heterocycles. The van der Waals surface area contributed by atoms with Crippen LogP contribution < -0.4 is 4.74 Å². The molecule has 2 nitrogen and oxygen atoms in total. The smallest absolute Gasteiger partial charge is 0.388 e. The van der Waals surface area contributed by atoms with Crippen LogP contribution in [0.4, 0.5) is 13.2 Å². The Morgan fingerprint density at radius 1 is 1.14 bits per heavy atom. The Labute approximate surface area is 85.4 Å². The Balaban J connectivity index is 0.00000169.